The molecule has 1 aliphatic heterocycles. The molecule has 1 amide bonds. The molecule has 1 N–H and O–H groups in total. The lowest BCUT2D eigenvalue weighted by molar-refractivity contribution is -0.113. The summed E-state index contributed by atoms with van der Waals surface area (Å²) in [5, 5.41) is 2.92. The summed E-state index contributed by atoms with van der Waals surface area (Å²) in [5.41, 5.74) is 4.18. The number of anilines is 2. The van der Waals surface area contributed by atoms with E-state index in [9.17, 15) is 4.79 Å². The monoisotopic (exact) mass is 357 g/mol. The number of aliphatic imine (C=N–C) groups is 1. The second-order valence-electron chi connectivity index (χ2n) is 5.57. The third-order valence-corrected chi connectivity index (χ3v) is 5.79. The van der Waals surface area contributed by atoms with Gasteiger partial charge in [0.15, 0.2) is 0 Å². The molecule has 0 aliphatic carbocycles. The summed E-state index contributed by atoms with van der Waals surface area (Å²) in [4.78, 5) is 18.8. The molecule has 0 saturated carbocycles. The Bertz CT molecular complexity index is 757. The Morgan fingerprint density at radius 3 is 2.71 bits per heavy atom. The number of benzene rings is 2. The molecule has 0 radical (unpaired) electrons. The van der Waals surface area contributed by atoms with E-state index in [1.807, 2.05) is 61.5 Å². The predicted molar refractivity (Wildman–Crippen MR) is 107 cm³/mol. The Morgan fingerprint density at radius 1 is 1.21 bits per heavy atom. The van der Waals surface area contributed by atoms with E-state index in [1.54, 1.807) is 11.8 Å². The minimum Gasteiger partial charge on any atom is -0.378 e. The Kier molecular flexibility index (Phi) is 5.48. The number of carbonyl (C=O) groups is 1. The molecule has 1 heterocycles. The molecular formula is C18H19N3OS2. The molecule has 2 aromatic carbocycles. The van der Waals surface area contributed by atoms with Crippen LogP contribution in [0, 0.1) is 0 Å². The third kappa shape index (κ3) is 4.33. The van der Waals surface area contributed by atoms with Gasteiger partial charge >= 0.3 is 0 Å². The van der Waals surface area contributed by atoms with Gasteiger partial charge in [-0.05, 0) is 35.9 Å². The minimum absolute atomic E-state index is 0.0141. The van der Waals surface area contributed by atoms with Crippen LogP contribution in [0.1, 0.15) is 5.56 Å². The fraction of sp³-hybridized carbons (Fsp3) is 0.222. The van der Waals surface area contributed by atoms with Gasteiger partial charge in [0.25, 0.3) is 0 Å². The lowest BCUT2D eigenvalue weighted by atomic mass is 10.2. The standard InChI is InChI=1S/C18H19N3OS2/c1-21(2)15-9-7-14(8-10-15)19-17(22)12-24-18-20-16-6-4-3-5-13(16)11-23-18/h3-10H,11-12H2,1-2H3,(H,19,22). The van der Waals surface area contributed by atoms with Gasteiger partial charge in [-0.3, -0.25) is 4.79 Å². The highest BCUT2D eigenvalue weighted by atomic mass is 32.2. The van der Waals surface area contributed by atoms with Gasteiger partial charge in [-0.2, -0.15) is 0 Å². The van der Waals surface area contributed by atoms with Crippen LogP contribution in [0.3, 0.4) is 0 Å². The van der Waals surface area contributed by atoms with Crippen molar-refractivity contribution in [1.29, 1.82) is 0 Å². The topological polar surface area (TPSA) is 44.7 Å². The first-order chi connectivity index (χ1) is 11.6. The second kappa shape index (κ2) is 7.77. The van der Waals surface area contributed by atoms with Crippen LogP contribution in [0.5, 0.6) is 0 Å². The summed E-state index contributed by atoms with van der Waals surface area (Å²) in [6.45, 7) is 0. The number of carbonyl (C=O) groups excluding carboxylic acids is 1. The molecule has 0 atom stereocenters. The van der Waals surface area contributed by atoms with Crippen molar-refractivity contribution >= 4 is 50.9 Å². The summed E-state index contributed by atoms with van der Waals surface area (Å²) in [7, 11) is 3.98. The number of nitrogens with zero attached hydrogens (tertiary/aromatic N) is 2. The van der Waals surface area contributed by atoms with Crippen LogP contribution in [0.25, 0.3) is 0 Å². The number of nitrogens with one attached hydrogen (secondary N) is 1. The molecule has 4 nitrogen and oxygen atoms in total. The molecule has 0 unspecified atom stereocenters. The second-order valence-corrected chi connectivity index (χ2v) is 7.76. The highest BCUT2D eigenvalue weighted by molar-refractivity contribution is 8.38. The van der Waals surface area contributed by atoms with E-state index in [0.29, 0.717) is 5.75 Å². The van der Waals surface area contributed by atoms with Crippen LogP contribution >= 0.6 is 23.5 Å². The van der Waals surface area contributed by atoms with Gasteiger partial charge < -0.3 is 10.2 Å². The molecule has 6 heteroatoms. The molecule has 0 aromatic heterocycles. The molecular weight excluding hydrogens is 338 g/mol. The molecule has 0 spiro atoms. The first-order valence-corrected chi connectivity index (χ1v) is 9.58. The van der Waals surface area contributed by atoms with E-state index in [0.717, 1.165) is 27.2 Å². The molecule has 3 rings (SSSR count). The molecule has 24 heavy (non-hydrogen) atoms. The summed E-state index contributed by atoms with van der Waals surface area (Å²) in [6.07, 6.45) is 0. The van der Waals surface area contributed by atoms with Crippen LogP contribution in [-0.2, 0) is 10.5 Å². The van der Waals surface area contributed by atoms with Gasteiger partial charge in [-0.1, -0.05) is 41.7 Å². The van der Waals surface area contributed by atoms with Crippen molar-refractivity contribution in [2.75, 3.05) is 30.1 Å². The first kappa shape index (κ1) is 16.9. The summed E-state index contributed by atoms with van der Waals surface area (Å²) in [6, 6.07) is 15.9. The molecule has 0 saturated heterocycles. The maximum Gasteiger partial charge on any atom is 0.234 e. The van der Waals surface area contributed by atoms with Gasteiger partial charge in [0.1, 0.15) is 4.38 Å². The third-order valence-electron chi connectivity index (χ3n) is 3.55. The van der Waals surface area contributed by atoms with E-state index in [-0.39, 0.29) is 5.91 Å². The SMILES string of the molecule is CN(C)c1ccc(NC(=O)CSC2=Nc3ccccc3CS2)cc1. The van der Waals surface area contributed by atoms with E-state index in [2.05, 4.69) is 16.4 Å². The zero-order valence-electron chi connectivity index (χ0n) is 13.7. The van der Waals surface area contributed by atoms with Crippen LogP contribution in [0.2, 0.25) is 0 Å². The highest BCUT2D eigenvalue weighted by Gasteiger charge is 2.14. The quantitative estimate of drug-likeness (QED) is 0.883. The van der Waals surface area contributed by atoms with Gasteiger partial charge in [0.2, 0.25) is 5.91 Å². The van der Waals surface area contributed by atoms with Crippen LogP contribution in [0.15, 0.2) is 53.5 Å². The Hall–Kier alpha value is -1.92. The minimum atomic E-state index is -0.0141. The van der Waals surface area contributed by atoms with Crippen molar-refractivity contribution in [3.8, 4) is 0 Å². The number of para-hydroxylation sites is 1. The Labute approximate surface area is 150 Å². The highest BCUT2D eigenvalue weighted by Crippen LogP contribution is 2.34. The number of hydrogen-bond acceptors (Lipinski definition) is 5. The average Bonchev–Trinajstić information content (AvgIpc) is 2.60. The molecule has 124 valence electrons. The number of hydrogen-bond donors (Lipinski definition) is 1. The number of amides is 1. The summed E-state index contributed by atoms with van der Waals surface area (Å²) >= 11 is 3.18. The Balaban J connectivity index is 1.54. The van der Waals surface area contributed by atoms with Crippen molar-refractivity contribution < 1.29 is 4.79 Å². The number of fused-ring (bicyclic) bond motifs is 1. The fourth-order valence-electron chi connectivity index (χ4n) is 2.25. The van der Waals surface area contributed by atoms with E-state index >= 15 is 0 Å². The van der Waals surface area contributed by atoms with Gasteiger partial charge in [-0.15, -0.1) is 0 Å². The van der Waals surface area contributed by atoms with Crippen LogP contribution < -0.4 is 10.2 Å². The van der Waals surface area contributed by atoms with Crippen molar-refractivity contribution in [3.05, 3.63) is 54.1 Å². The molecule has 1 aliphatic rings. The van der Waals surface area contributed by atoms with Gasteiger partial charge in [0, 0.05) is 31.2 Å². The molecule has 0 fully saturated rings. The maximum atomic E-state index is 12.1. The van der Waals surface area contributed by atoms with Crippen LogP contribution in [-0.4, -0.2) is 30.1 Å². The van der Waals surface area contributed by atoms with E-state index in [1.165, 1.54) is 17.3 Å². The maximum absolute atomic E-state index is 12.1. The van der Waals surface area contributed by atoms with E-state index < -0.39 is 0 Å². The van der Waals surface area contributed by atoms with Crippen molar-refractivity contribution in [3.63, 3.8) is 0 Å². The molecule has 0 bridgehead atoms. The number of thioether (sulfide) groups is 2. The van der Waals surface area contributed by atoms with E-state index in [4.69, 9.17) is 0 Å². The van der Waals surface area contributed by atoms with Crippen molar-refractivity contribution in [2.24, 2.45) is 4.99 Å². The number of rotatable bonds is 4. The normalized spacial score (nSPS) is 13.0. The summed E-state index contributed by atoms with van der Waals surface area (Å²) in [5.74, 6) is 1.26. The lowest BCUT2D eigenvalue weighted by Gasteiger charge is -2.14. The largest absolute Gasteiger partial charge is 0.378 e. The van der Waals surface area contributed by atoms with Gasteiger partial charge in [-0.25, -0.2) is 4.99 Å². The Morgan fingerprint density at radius 2 is 1.96 bits per heavy atom. The van der Waals surface area contributed by atoms with Crippen molar-refractivity contribution in [2.45, 2.75) is 5.75 Å². The predicted octanol–water partition coefficient (Wildman–Crippen LogP) is 4.36. The average molecular weight is 358 g/mol. The summed E-state index contributed by atoms with van der Waals surface area (Å²) < 4.78 is 0.951. The fourth-order valence-corrected chi connectivity index (χ4v) is 4.12. The smallest absolute Gasteiger partial charge is 0.234 e. The zero-order chi connectivity index (χ0) is 16.9. The van der Waals surface area contributed by atoms with Crippen LogP contribution in [0.4, 0.5) is 17.1 Å². The van der Waals surface area contributed by atoms with Crippen molar-refractivity contribution in [1.82, 2.24) is 0 Å². The molecule has 2 aromatic rings. The first-order valence-electron chi connectivity index (χ1n) is 7.61. The lowest BCUT2D eigenvalue weighted by Crippen LogP contribution is -2.15. The van der Waals surface area contributed by atoms with Gasteiger partial charge in [0.05, 0.1) is 11.4 Å². The zero-order valence-corrected chi connectivity index (χ0v) is 15.3.